The zero-order valence-corrected chi connectivity index (χ0v) is 19.6. The molecule has 164 valence electrons. The molecule has 32 heavy (non-hydrogen) atoms. The summed E-state index contributed by atoms with van der Waals surface area (Å²) in [6.45, 7) is 0. The maximum Gasteiger partial charge on any atom is 0.215 e. The first-order valence-corrected chi connectivity index (χ1v) is 11.1. The molecule has 0 amide bonds. The Labute approximate surface area is 201 Å². The number of hydrogen-bond donors (Lipinski definition) is 0. The lowest BCUT2D eigenvalue weighted by Crippen LogP contribution is -2.33. The number of hydrazone groups is 1. The van der Waals surface area contributed by atoms with Crippen molar-refractivity contribution in [2.24, 2.45) is 5.10 Å². The molecule has 2 aliphatic heterocycles. The molecule has 8 heteroatoms. The van der Waals surface area contributed by atoms with Gasteiger partial charge in [-0.15, -0.1) is 0 Å². The van der Waals surface area contributed by atoms with Crippen LogP contribution in [0.15, 0.2) is 59.7 Å². The number of hydrogen-bond acceptors (Lipinski definition) is 5. The normalized spacial score (nSPS) is 19.0. The third kappa shape index (κ3) is 3.64. The van der Waals surface area contributed by atoms with Crippen molar-refractivity contribution in [3.8, 4) is 17.2 Å². The molecule has 3 aromatic carbocycles. The average Bonchev–Trinajstić information content (AvgIpc) is 3.24. The van der Waals surface area contributed by atoms with Crippen LogP contribution in [-0.4, -0.2) is 24.9 Å². The van der Waals surface area contributed by atoms with Gasteiger partial charge in [0.2, 0.25) is 6.23 Å². The summed E-state index contributed by atoms with van der Waals surface area (Å²) in [7, 11) is 3.23. The Bertz CT molecular complexity index is 1230. The molecule has 0 radical (unpaired) electrons. The lowest BCUT2D eigenvalue weighted by atomic mass is 9.95. The standard InChI is InChI=1S/C24H19Cl3N2O3/c1-30-22-7-3-13(9-23(22)31-2)19-12-20-17-10-14(25)5-8-21(17)32-24(29(20)28-19)16-6-4-15(26)11-18(16)27/h3-11,20,24H,12H2,1-2H3/t20-,24+/m0/s1. The van der Waals surface area contributed by atoms with Crippen molar-refractivity contribution < 1.29 is 14.2 Å². The second kappa shape index (κ2) is 8.39. The van der Waals surface area contributed by atoms with Crippen LogP contribution in [0.1, 0.15) is 35.4 Å². The minimum absolute atomic E-state index is 0.0581. The average molecular weight is 490 g/mol. The highest BCUT2D eigenvalue weighted by atomic mass is 35.5. The SMILES string of the molecule is COc1ccc(C2=NN3[C@@H](c4ccc(Cl)cc4Cl)Oc4ccc(Cl)cc4[C@@H]3C2)cc1OC. The van der Waals surface area contributed by atoms with Crippen LogP contribution >= 0.6 is 34.8 Å². The van der Waals surface area contributed by atoms with E-state index in [1.54, 1.807) is 26.4 Å². The van der Waals surface area contributed by atoms with Gasteiger partial charge in [0.25, 0.3) is 0 Å². The fourth-order valence-corrected chi connectivity index (χ4v) is 4.84. The van der Waals surface area contributed by atoms with Crippen molar-refractivity contribution in [2.45, 2.75) is 18.7 Å². The predicted molar refractivity (Wildman–Crippen MR) is 127 cm³/mol. The van der Waals surface area contributed by atoms with Gasteiger partial charge < -0.3 is 14.2 Å². The monoisotopic (exact) mass is 488 g/mol. The van der Waals surface area contributed by atoms with Crippen molar-refractivity contribution in [1.82, 2.24) is 5.01 Å². The second-order valence-electron chi connectivity index (χ2n) is 7.53. The van der Waals surface area contributed by atoms with Crippen LogP contribution in [0.25, 0.3) is 0 Å². The van der Waals surface area contributed by atoms with Gasteiger partial charge in [-0.3, -0.25) is 0 Å². The number of fused-ring (bicyclic) bond motifs is 3. The van der Waals surface area contributed by atoms with E-state index in [4.69, 9.17) is 54.1 Å². The first kappa shape index (κ1) is 21.3. The zero-order valence-electron chi connectivity index (χ0n) is 17.3. The van der Waals surface area contributed by atoms with E-state index in [1.165, 1.54) is 0 Å². The Balaban J connectivity index is 1.60. The third-order valence-electron chi connectivity index (χ3n) is 5.70. The third-order valence-corrected chi connectivity index (χ3v) is 6.49. The quantitative estimate of drug-likeness (QED) is 0.399. The van der Waals surface area contributed by atoms with E-state index in [0.29, 0.717) is 33.0 Å². The smallest absolute Gasteiger partial charge is 0.215 e. The van der Waals surface area contributed by atoms with E-state index in [0.717, 1.165) is 28.2 Å². The van der Waals surface area contributed by atoms with Crippen LogP contribution in [0.5, 0.6) is 17.2 Å². The summed E-state index contributed by atoms with van der Waals surface area (Å²) in [4.78, 5) is 0. The van der Waals surface area contributed by atoms with Crippen LogP contribution in [0, 0.1) is 0 Å². The highest BCUT2D eigenvalue weighted by Gasteiger charge is 2.41. The fourth-order valence-electron chi connectivity index (χ4n) is 4.16. The molecule has 0 bridgehead atoms. The predicted octanol–water partition coefficient (Wildman–Crippen LogP) is 6.91. The van der Waals surface area contributed by atoms with Gasteiger partial charge >= 0.3 is 0 Å². The molecule has 0 fully saturated rings. The summed E-state index contributed by atoms with van der Waals surface area (Å²) in [6.07, 6.45) is 0.171. The first-order valence-electron chi connectivity index (χ1n) is 9.97. The molecule has 0 saturated carbocycles. The minimum Gasteiger partial charge on any atom is -0.493 e. The van der Waals surface area contributed by atoms with Crippen molar-refractivity contribution in [2.75, 3.05) is 14.2 Å². The van der Waals surface area contributed by atoms with Crippen molar-refractivity contribution in [3.05, 3.63) is 86.4 Å². The van der Waals surface area contributed by atoms with Crippen LogP contribution in [0.2, 0.25) is 15.1 Å². The van der Waals surface area contributed by atoms with Crippen LogP contribution < -0.4 is 14.2 Å². The van der Waals surface area contributed by atoms with Crippen molar-refractivity contribution in [3.63, 3.8) is 0 Å². The molecule has 0 aliphatic carbocycles. The fraction of sp³-hybridized carbons (Fsp3) is 0.208. The minimum atomic E-state index is -0.504. The molecular formula is C24H19Cl3N2O3. The molecular weight excluding hydrogens is 471 g/mol. The van der Waals surface area contributed by atoms with Crippen molar-refractivity contribution >= 4 is 40.5 Å². The lowest BCUT2D eigenvalue weighted by molar-refractivity contribution is -0.0189. The molecule has 5 rings (SSSR count). The maximum absolute atomic E-state index is 6.54. The zero-order chi connectivity index (χ0) is 22.4. The topological polar surface area (TPSA) is 43.3 Å². The number of benzene rings is 3. The van der Waals surface area contributed by atoms with Gasteiger partial charge in [0.15, 0.2) is 11.5 Å². The summed E-state index contributed by atoms with van der Waals surface area (Å²) in [6, 6.07) is 16.8. The van der Waals surface area contributed by atoms with Gasteiger partial charge in [0, 0.05) is 33.2 Å². The van der Waals surface area contributed by atoms with Crippen LogP contribution in [0.3, 0.4) is 0 Å². The highest BCUT2D eigenvalue weighted by molar-refractivity contribution is 6.35. The molecule has 2 aliphatic rings. The van der Waals surface area contributed by atoms with E-state index in [1.807, 2.05) is 47.5 Å². The summed E-state index contributed by atoms with van der Waals surface area (Å²) >= 11 is 19.0. The van der Waals surface area contributed by atoms with E-state index in [9.17, 15) is 0 Å². The van der Waals surface area contributed by atoms with Crippen LogP contribution in [0.4, 0.5) is 0 Å². The molecule has 2 heterocycles. The Morgan fingerprint density at radius 3 is 2.38 bits per heavy atom. The summed E-state index contributed by atoms with van der Waals surface area (Å²) in [5, 5.41) is 8.63. The van der Waals surface area contributed by atoms with E-state index in [2.05, 4.69) is 0 Å². The largest absolute Gasteiger partial charge is 0.493 e. The van der Waals surface area contributed by atoms with Crippen LogP contribution in [-0.2, 0) is 0 Å². The van der Waals surface area contributed by atoms with Gasteiger partial charge in [-0.2, -0.15) is 5.10 Å². The Kier molecular flexibility index (Phi) is 5.58. The second-order valence-corrected chi connectivity index (χ2v) is 8.81. The molecule has 3 aromatic rings. The number of nitrogens with zero attached hydrogens (tertiary/aromatic N) is 2. The summed E-state index contributed by atoms with van der Waals surface area (Å²) in [5.41, 5.74) is 3.63. The van der Waals surface area contributed by atoms with Crippen molar-refractivity contribution in [1.29, 1.82) is 0 Å². The Hall–Kier alpha value is -2.60. The lowest BCUT2D eigenvalue weighted by Gasteiger charge is -2.38. The number of ether oxygens (including phenoxy) is 3. The number of halogens is 3. The molecule has 5 nitrogen and oxygen atoms in total. The van der Waals surface area contributed by atoms with Gasteiger partial charge in [-0.25, -0.2) is 5.01 Å². The summed E-state index contributed by atoms with van der Waals surface area (Å²) < 4.78 is 17.2. The molecule has 2 atom stereocenters. The molecule has 0 N–H and O–H groups in total. The molecule has 0 saturated heterocycles. The number of rotatable bonds is 4. The first-order chi connectivity index (χ1) is 15.5. The Morgan fingerprint density at radius 1 is 0.875 bits per heavy atom. The molecule has 0 aromatic heterocycles. The van der Waals surface area contributed by atoms with Gasteiger partial charge in [0.05, 0.1) is 31.0 Å². The number of methoxy groups -OCH3 is 2. The van der Waals surface area contributed by atoms with E-state index >= 15 is 0 Å². The highest BCUT2D eigenvalue weighted by Crippen LogP contribution is 2.49. The maximum atomic E-state index is 6.54. The molecule has 0 spiro atoms. The van der Waals surface area contributed by atoms with Gasteiger partial charge in [-0.1, -0.05) is 40.9 Å². The van der Waals surface area contributed by atoms with E-state index < -0.39 is 6.23 Å². The van der Waals surface area contributed by atoms with Gasteiger partial charge in [-0.05, 0) is 48.5 Å². The van der Waals surface area contributed by atoms with E-state index in [-0.39, 0.29) is 6.04 Å². The molecule has 0 unspecified atom stereocenters. The van der Waals surface area contributed by atoms with Gasteiger partial charge in [0.1, 0.15) is 5.75 Å². The summed E-state index contributed by atoms with van der Waals surface area (Å²) in [5.74, 6) is 2.07. The Morgan fingerprint density at radius 2 is 1.62 bits per heavy atom.